The van der Waals surface area contributed by atoms with Gasteiger partial charge in [-0.3, -0.25) is 9.69 Å². The predicted octanol–water partition coefficient (Wildman–Crippen LogP) is 5.94. The number of fused-ring (bicyclic) bond motifs is 1. The topological polar surface area (TPSA) is 65.2 Å². The Labute approximate surface area is 230 Å². The van der Waals surface area contributed by atoms with Crippen LogP contribution in [0.4, 0.5) is 10.1 Å². The number of nitrogens with zero attached hydrogens (tertiary/aromatic N) is 5. The Morgan fingerprint density at radius 1 is 1.03 bits per heavy atom. The van der Waals surface area contributed by atoms with E-state index in [-0.39, 0.29) is 23.5 Å². The summed E-state index contributed by atoms with van der Waals surface area (Å²) in [7, 11) is 1.51. The molecule has 0 radical (unpaired) electrons. The SMILES string of the molecule is CCC1CN(c2c(F)c(=O)n(C)c3ccc(C#N)nc23)CCN1C(c1ccc(Cl)cc1)c1ccc(Cl)cc1. The highest BCUT2D eigenvalue weighted by Crippen LogP contribution is 2.36. The quantitative estimate of drug-likeness (QED) is 0.308. The van der Waals surface area contributed by atoms with Crippen molar-refractivity contribution >= 4 is 39.9 Å². The number of piperazine rings is 1. The maximum atomic E-state index is 15.6. The first-order valence-corrected chi connectivity index (χ1v) is 13.2. The van der Waals surface area contributed by atoms with Crippen molar-refractivity contribution in [2.75, 3.05) is 24.5 Å². The minimum atomic E-state index is -0.849. The summed E-state index contributed by atoms with van der Waals surface area (Å²) in [6.07, 6.45) is 0.801. The number of pyridine rings is 2. The zero-order chi connectivity index (χ0) is 27.0. The molecule has 0 spiro atoms. The van der Waals surface area contributed by atoms with Crippen molar-refractivity contribution in [3.63, 3.8) is 0 Å². The van der Waals surface area contributed by atoms with Crippen molar-refractivity contribution in [2.45, 2.75) is 25.4 Å². The van der Waals surface area contributed by atoms with Crippen molar-refractivity contribution in [3.8, 4) is 6.07 Å². The molecule has 2 aromatic carbocycles. The number of anilines is 1. The number of halogens is 3. The van der Waals surface area contributed by atoms with Crippen LogP contribution in [0.25, 0.3) is 11.0 Å². The van der Waals surface area contributed by atoms with E-state index in [2.05, 4.69) is 16.8 Å². The average Bonchev–Trinajstić information content (AvgIpc) is 2.94. The summed E-state index contributed by atoms with van der Waals surface area (Å²) < 4.78 is 16.8. The summed E-state index contributed by atoms with van der Waals surface area (Å²) in [4.78, 5) is 21.5. The van der Waals surface area contributed by atoms with Crippen molar-refractivity contribution in [2.24, 2.45) is 7.05 Å². The molecule has 0 aliphatic carbocycles. The van der Waals surface area contributed by atoms with Gasteiger partial charge in [0.2, 0.25) is 5.82 Å². The Morgan fingerprint density at radius 2 is 1.63 bits per heavy atom. The Hall–Kier alpha value is -3.44. The molecule has 5 rings (SSSR count). The third-order valence-corrected chi connectivity index (χ3v) is 7.80. The van der Waals surface area contributed by atoms with Crippen LogP contribution in [0, 0.1) is 17.1 Å². The molecule has 0 N–H and O–H groups in total. The lowest BCUT2D eigenvalue weighted by Gasteiger charge is -2.46. The molecule has 0 amide bonds. The van der Waals surface area contributed by atoms with Gasteiger partial charge in [0, 0.05) is 42.8 Å². The second kappa shape index (κ2) is 10.7. The second-order valence-corrected chi connectivity index (χ2v) is 10.3. The maximum absolute atomic E-state index is 15.6. The Morgan fingerprint density at radius 3 is 2.18 bits per heavy atom. The smallest absolute Gasteiger partial charge is 0.289 e. The summed E-state index contributed by atoms with van der Waals surface area (Å²) in [6, 6.07) is 20.8. The summed E-state index contributed by atoms with van der Waals surface area (Å²) >= 11 is 12.4. The van der Waals surface area contributed by atoms with E-state index in [9.17, 15) is 10.1 Å². The van der Waals surface area contributed by atoms with Crippen LogP contribution in [-0.2, 0) is 7.05 Å². The lowest BCUT2D eigenvalue weighted by molar-refractivity contribution is 0.134. The summed E-state index contributed by atoms with van der Waals surface area (Å²) in [5.74, 6) is -0.849. The Kier molecular flexibility index (Phi) is 7.40. The van der Waals surface area contributed by atoms with E-state index >= 15 is 4.39 Å². The molecule has 6 nitrogen and oxygen atoms in total. The number of benzene rings is 2. The second-order valence-electron chi connectivity index (χ2n) is 9.45. The standard InChI is InChI=1S/C29H26Cl2FN5O/c1-3-23-17-36(28-25(32)29(38)35(2)24-13-12-22(16-33)34-26(24)28)14-15-37(23)27(18-4-8-20(30)9-5-18)19-6-10-21(31)11-7-19/h4-13,23,27H,3,14-15,17H2,1-2H3. The number of hydrogen-bond donors (Lipinski definition) is 0. The van der Waals surface area contributed by atoms with Gasteiger partial charge in [0.25, 0.3) is 5.56 Å². The van der Waals surface area contributed by atoms with Crippen LogP contribution >= 0.6 is 23.2 Å². The number of aryl methyl sites for hydroxylation is 1. The highest BCUT2D eigenvalue weighted by atomic mass is 35.5. The minimum absolute atomic E-state index is 0.0396. The Balaban J connectivity index is 1.57. The largest absolute Gasteiger partial charge is 0.364 e. The van der Waals surface area contributed by atoms with Crippen molar-refractivity contribution in [3.05, 3.63) is 104 Å². The third-order valence-electron chi connectivity index (χ3n) is 7.29. The molecule has 1 unspecified atom stereocenters. The predicted molar refractivity (Wildman–Crippen MR) is 149 cm³/mol. The van der Waals surface area contributed by atoms with Crippen LogP contribution in [0.3, 0.4) is 0 Å². The fourth-order valence-electron chi connectivity index (χ4n) is 5.35. The van der Waals surface area contributed by atoms with Crippen LogP contribution in [-0.4, -0.2) is 40.1 Å². The fourth-order valence-corrected chi connectivity index (χ4v) is 5.60. The summed E-state index contributed by atoms with van der Waals surface area (Å²) in [5.41, 5.74) is 2.61. The first-order chi connectivity index (χ1) is 18.3. The molecule has 1 atom stereocenters. The van der Waals surface area contributed by atoms with Crippen LogP contribution in [0.15, 0.2) is 65.5 Å². The zero-order valence-electron chi connectivity index (χ0n) is 21.0. The van der Waals surface area contributed by atoms with Crippen LogP contribution in [0.2, 0.25) is 10.0 Å². The maximum Gasteiger partial charge on any atom is 0.289 e. The van der Waals surface area contributed by atoms with Crippen LogP contribution in [0.1, 0.15) is 36.2 Å². The lowest BCUT2D eigenvalue weighted by atomic mass is 9.93. The molecule has 2 aromatic heterocycles. The summed E-state index contributed by atoms with van der Waals surface area (Å²) in [5, 5.41) is 10.7. The monoisotopic (exact) mass is 549 g/mol. The van der Waals surface area contributed by atoms with Gasteiger partial charge in [-0.05, 0) is 53.9 Å². The van der Waals surface area contributed by atoms with E-state index in [1.54, 1.807) is 12.1 Å². The van der Waals surface area contributed by atoms with Crippen LogP contribution < -0.4 is 10.5 Å². The average molecular weight is 550 g/mol. The molecule has 194 valence electrons. The lowest BCUT2D eigenvalue weighted by Crippen LogP contribution is -2.54. The fraction of sp³-hybridized carbons (Fsp3) is 0.276. The van der Waals surface area contributed by atoms with E-state index in [0.717, 1.165) is 17.5 Å². The number of rotatable bonds is 5. The van der Waals surface area contributed by atoms with Gasteiger partial charge in [-0.2, -0.15) is 9.65 Å². The molecule has 1 aliphatic rings. The molecule has 9 heteroatoms. The van der Waals surface area contributed by atoms with Crippen molar-refractivity contribution < 1.29 is 4.39 Å². The first-order valence-electron chi connectivity index (χ1n) is 12.4. The third kappa shape index (κ3) is 4.76. The molecule has 1 aliphatic heterocycles. The number of hydrogen-bond acceptors (Lipinski definition) is 5. The van der Waals surface area contributed by atoms with E-state index in [1.165, 1.54) is 11.6 Å². The van der Waals surface area contributed by atoms with Gasteiger partial charge in [0.15, 0.2) is 0 Å². The Bertz CT molecular complexity index is 1540. The van der Waals surface area contributed by atoms with E-state index in [4.69, 9.17) is 23.2 Å². The molecule has 4 aromatic rings. The molecule has 1 fully saturated rings. The molecule has 3 heterocycles. The first kappa shape index (κ1) is 26.2. The minimum Gasteiger partial charge on any atom is -0.364 e. The van der Waals surface area contributed by atoms with Gasteiger partial charge >= 0.3 is 0 Å². The van der Waals surface area contributed by atoms with Crippen molar-refractivity contribution in [1.29, 1.82) is 5.26 Å². The van der Waals surface area contributed by atoms with Crippen molar-refractivity contribution in [1.82, 2.24) is 14.5 Å². The van der Waals surface area contributed by atoms with Gasteiger partial charge < -0.3 is 9.47 Å². The molecule has 0 saturated carbocycles. The van der Waals surface area contributed by atoms with Crippen LogP contribution in [0.5, 0.6) is 0 Å². The normalized spacial score (nSPS) is 16.2. The number of nitriles is 1. The molecule has 0 bridgehead atoms. The van der Waals surface area contributed by atoms with E-state index < -0.39 is 11.4 Å². The van der Waals surface area contributed by atoms with Gasteiger partial charge in [-0.1, -0.05) is 54.4 Å². The van der Waals surface area contributed by atoms with Gasteiger partial charge in [0.05, 0.1) is 11.6 Å². The highest BCUT2D eigenvalue weighted by molar-refractivity contribution is 6.30. The van der Waals surface area contributed by atoms with Gasteiger partial charge in [0.1, 0.15) is 23.0 Å². The molecule has 1 saturated heterocycles. The zero-order valence-corrected chi connectivity index (χ0v) is 22.5. The van der Waals surface area contributed by atoms with E-state index in [0.29, 0.717) is 40.7 Å². The molecular formula is C29H26Cl2FN5O. The highest BCUT2D eigenvalue weighted by Gasteiger charge is 2.35. The van der Waals surface area contributed by atoms with E-state index in [1.807, 2.05) is 59.5 Å². The molecular weight excluding hydrogens is 524 g/mol. The van der Waals surface area contributed by atoms with Gasteiger partial charge in [-0.15, -0.1) is 0 Å². The number of aromatic nitrogens is 2. The van der Waals surface area contributed by atoms with Gasteiger partial charge in [-0.25, -0.2) is 4.98 Å². The summed E-state index contributed by atoms with van der Waals surface area (Å²) in [6.45, 7) is 3.69. The molecule has 38 heavy (non-hydrogen) atoms.